The van der Waals surface area contributed by atoms with Crippen LogP contribution in [0.5, 0.6) is 0 Å². The van der Waals surface area contributed by atoms with Crippen molar-refractivity contribution in [1.82, 2.24) is 10.2 Å². The second-order valence-electron chi connectivity index (χ2n) is 8.25. The molecule has 1 N–H and O–H groups in total. The summed E-state index contributed by atoms with van der Waals surface area (Å²) >= 11 is 12.1. The molecule has 7 heteroatoms. The number of carbonyl (C=O) groups is 3. The third kappa shape index (κ3) is 4.51. The van der Waals surface area contributed by atoms with E-state index in [0.717, 1.165) is 5.56 Å². The maximum absolute atomic E-state index is 13.2. The molecule has 0 radical (unpaired) electrons. The molecule has 29 heavy (non-hydrogen) atoms. The fourth-order valence-corrected chi connectivity index (χ4v) is 4.39. The fourth-order valence-electron chi connectivity index (χ4n) is 4.08. The third-order valence-electron chi connectivity index (χ3n) is 5.65. The normalized spacial score (nSPS) is 23.3. The van der Waals surface area contributed by atoms with Crippen LogP contribution in [0.3, 0.4) is 0 Å². The number of fused-ring (bicyclic) bond motifs is 1. The lowest BCUT2D eigenvalue weighted by Crippen LogP contribution is -2.51. The summed E-state index contributed by atoms with van der Waals surface area (Å²) in [5.41, 5.74) is 0.799. The minimum Gasteiger partial charge on any atom is -0.348 e. The molecule has 1 aromatic rings. The molecule has 1 fully saturated rings. The van der Waals surface area contributed by atoms with Gasteiger partial charge < -0.3 is 5.32 Å². The zero-order valence-electron chi connectivity index (χ0n) is 16.8. The predicted molar refractivity (Wildman–Crippen MR) is 113 cm³/mol. The Bertz CT molecular complexity index is 826. The first kappa shape index (κ1) is 21.8. The Morgan fingerprint density at radius 1 is 1.07 bits per heavy atom. The van der Waals surface area contributed by atoms with Crippen LogP contribution < -0.4 is 5.32 Å². The first-order valence-corrected chi connectivity index (χ1v) is 10.7. The number of nitrogens with zero attached hydrogens (tertiary/aromatic N) is 1. The van der Waals surface area contributed by atoms with Gasteiger partial charge in [-0.2, -0.15) is 0 Å². The Morgan fingerprint density at radius 2 is 1.66 bits per heavy atom. The van der Waals surface area contributed by atoms with E-state index in [0.29, 0.717) is 29.3 Å². The first-order valence-electron chi connectivity index (χ1n) is 9.98. The van der Waals surface area contributed by atoms with Crippen molar-refractivity contribution in [2.24, 2.45) is 17.8 Å². The van der Waals surface area contributed by atoms with Crippen LogP contribution in [-0.2, 0) is 14.4 Å². The average molecular weight is 437 g/mol. The zero-order valence-corrected chi connectivity index (χ0v) is 18.3. The fraction of sp³-hybridized carbons (Fsp3) is 0.500. The highest BCUT2D eigenvalue weighted by molar-refractivity contribution is 6.42. The molecular weight excluding hydrogens is 411 g/mol. The molecule has 4 atom stereocenters. The van der Waals surface area contributed by atoms with Crippen LogP contribution in [0.4, 0.5) is 0 Å². The lowest BCUT2D eigenvalue weighted by molar-refractivity contribution is -0.148. The maximum Gasteiger partial charge on any atom is 0.243 e. The predicted octanol–water partition coefficient (Wildman–Crippen LogP) is 4.54. The van der Waals surface area contributed by atoms with E-state index in [2.05, 4.69) is 5.32 Å². The molecule has 0 bridgehead atoms. The number of likely N-dealkylation sites (tertiary alicyclic amines) is 1. The topological polar surface area (TPSA) is 66.5 Å². The molecule has 156 valence electrons. The lowest BCUT2D eigenvalue weighted by atomic mass is 9.85. The second kappa shape index (κ2) is 8.88. The van der Waals surface area contributed by atoms with Gasteiger partial charge in [0.1, 0.15) is 6.04 Å². The molecule has 3 amide bonds. The molecule has 0 unspecified atom stereocenters. The lowest BCUT2D eigenvalue weighted by Gasteiger charge is -2.28. The van der Waals surface area contributed by atoms with E-state index in [4.69, 9.17) is 23.2 Å². The van der Waals surface area contributed by atoms with Crippen molar-refractivity contribution in [3.63, 3.8) is 0 Å². The van der Waals surface area contributed by atoms with Crippen LogP contribution >= 0.6 is 23.2 Å². The number of rotatable bonds is 6. The highest BCUT2D eigenvalue weighted by Gasteiger charge is 2.51. The summed E-state index contributed by atoms with van der Waals surface area (Å²) in [6, 6.07) is 4.02. The van der Waals surface area contributed by atoms with Gasteiger partial charge in [0.25, 0.3) is 0 Å². The molecule has 1 aliphatic carbocycles. The molecule has 1 aliphatic heterocycles. The van der Waals surface area contributed by atoms with E-state index >= 15 is 0 Å². The van der Waals surface area contributed by atoms with Crippen molar-refractivity contribution in [2.45, 2.75) is 52.1 Å². The van der Waals surface area contributed by atoms with Crippen molar-refractivity contribution < 1.29 is 14.4 Å². The second-order valence-corrected chi connectivity index (χ2v) is 9.07. The molecule has 1 heterocycles. The molecule has 2 aliphatic rings. The minimum absolute atomic E-state index is 0.146. The van der Waals surface area contributed by atoms with Crippen LogP contribution in [0, 0.1) is 17.8 Å². The van der Waals surface area contributed by atoms with E-state index in [-0.39, 0.29) is 41.5 Å². The number of hydrogen-bond acceptors (Lipinski definition) is 3. The van der Waals surface area contributed by atoms with E-state index in [1.54, 1.807) is 18.2 Å². The van der Waals surface area contributed by atoms with Gasteiger partial charge in [0, 0.05) is 0 Å². The molecule has 0 aromatic heterocycles. The highest BCUT2D eigenvalue weighted by Crippen LogP contribution is 2.37. The molecular formula is C22H26Cl2N2O3. The minimum atomic E-state index is -0.814. The van der Waals surface area contributed by atoms with Gasteiger partial charge in [0.05, 0.1) is 27.9 Å². The number of hydrogen-bond donors (Lipinski definition) is 1. The molecule has 3 rings (SSSR count). The van der Waals surface area contributed by atoms with Crippen molar-refractivity contribution >= 4 is 40.9 Å². The number of carbonyl (C=O) groups excluding carboxylic acids is 3. The Hall–Kier alpha value is -1.85. The van der Waals surface area contributed by atoms with Gasteiger partial charge in [-0.25, -0.2) is 0 Å². The Balaban J connectivity index is 1.81. The first-order chi connectivity index (χ1) is 13.7. The number of halogens is 2. The van der Waals surface area contributed by atoms with E-state index in [1.165, 1.54) is 4.90 Å². The summed E-state index contributed by atoms with van der Waals surface area (Å²) in [6.07, 6.45) is 5.42. The monoisotopic (exact) mass is 436 g/mol. The van der Waals surface area contributed by atoms with Gasteiger partial charge in [-0.1, -0.05) is 55.3 Å². The van der Waals surface area contributed by atoms with Gasteiger partial charge >= 0.3 is 0 Å². The summed E-state index contributed by atoms with van der Waals surface area (Å²) < 4.78 is 0. The van der Waals surface area contributed by atoms with Crippen molar-refractivity contribution in [1.29, 1.82) is 0 Å². The van der Waals surface area contributed by atoms with Crippen LogP contribution in [0.1, 0.15) is 51.6 Å². The van der Waals surface area contributed by atoms with Crippen LogP contribution in [0.25, 0.3) is 0 Å². The SMILES string of the molecule is CC(C)C[C@H](C(=O)N[C@H](C)c1ccc(Cl)c(Cl)c1)N1C(=O)[C@H]2CC=CC[C@H]2C1=O. The molecule has 5 nitrogen and oxygen atoms in total. The largest absolute Gasteiger partial charge is 0.348 e. The van der Waals surface area contributed by atoms with E-state index in [9.17, 15) is 14.4 Å². The Labute approximate surface area is 181 Å². The summed E-state index contributed by atoms with van der Waals surface area (Å²) in [4.78, 5) is 40.3. The standard InChI is InChI=1S/C22H26Cl2N2O3/c1-12(2)10-19(26-21(28)15-6-4-5-7-16(15)22(26)29)20(27)25-13(3)14-8-9-17(23)18(24)11-14/h4-5,8-9,11-13,15-16,19H,6-7,10H2,1-3H3,(H,25,27)/t13-,15-,16+,19-/m1/s1. The Kier molecular flexibility index (Phi) is 6.69. The maximum atomic E-state index is 13.2. The van der Waals surface area contributed by atoms with Gasteiger partial charge in [-0.15, -0.1) is 0 Å². The molecule has 0 saturated carbocycles. The number of nitrogens with one attached hydrogen (secondary N) is 1. The average Bonchev–Trinajstić information content (AvgIpc) is 2.92. The highest BCUT2D eigenvalue weighted by atomic mass is 35.5. The van der Waals surface area contributed by atoms with Crippen molar-refractivity contribution in [3.8, 4) is 0 Å². The van der Waals surface area contributed by atoms with E-state index in [1.807, 2.05) is 32.9 Å². The number of allylic oxidation sites excluding steroid dienone is 2. The van der Waals surface area contributed by atoms with E-state index < -0.39 is 6.04 Å². The number of benzene rings is 1. The van der Waals surface area contributed by atoms with Crippen LogP contribution in [-0.4, -0.2) is 28.7 Å². The van der Waals surface area contributed by atoms with Gasteiger partial charge in [0.15, 0.2) is 0 Å². The molecule has 1 saturated heterocycles. The van der Waals surface area contributed by atoms with Crippen molar-refractivity contribution in [2.75, 3.05) is 0 Å². The Morgan fingerprint density at radius 3 is 2.17 bits per heavy atom. The zero-order chi connectivity index (χ0) is 21.3. The third-order valence-corrected chi connectivity index (χ3v) is 6.39. The summed E-state index contributed by atoms with van der Waals surface area (Å²) in [5.74, 6) is -1.33. The quantitative estimate of drug-likeness (QED) is 0.525. The van der Waals surface area contributed by atoms with Gasteiger partial charge in [-0.05, 0) is 49.8 Å². The molecule has 1 aromatic carbocycles. The number of amides is 3. The number of imide groups is 1. The summed E-state index contributed by atoms with van der Waals surface area (Å²) in [5, 5.41) is 3.79. The smallest absolute Gasteiger partial charge is 0.243 e. The summed E-state index contributed by atoms with van der Waals surface area (Å²) in [7, 11) is 0. The van der Waals surface area contributed by atoms with Gasteiger partial charge in [0.2, 0.25) is 17.7 Å². The van der Waals surface area contributed by atoms with Gasteiger partial charge in [-0.3, -0.25) is 19.3 Å². The molecule has 0 spiro atoms. The van der Waals surface area contributed by atoms with Crippen LogP contribution in [0.15, 0.2) is 30.4 Å². The van der Waals surface area contributed by atoms with Crippen molar-refractivity contribution in [3.05, 3.63) is 46.0 Å². The van der Waals surface area contributed by atoms with Crippen LogP contribution in [0.2, 0.25) is 10.0 Å². The summed E-state index contributed by atoms with van der Waals surface area (Å²) in [6.45, 7) is 5.78.